The molecule has 4 nitrogen and oxygen atoms in total. The Balaban J connectivity index is 2.16. The fraction of sp³-hybridized carbons (Fsp3) is 0.312. The summed E-state index contributed by atoms with van der Waals surface area (Å²) in [6.07, 6.45) is 4.48. The van der Waals surface area contributed by atoms with Crippen LogP contribution < -0.4 is 5.32 Å². The first-order chi connectivity index (χ1) is 10.1. The summed E-state index contributed by atoms with van der Waals surface area (Å²) in [5, 5.41) is 3.42. The molecule has 112 valence electrons. The first-order valence-electron chi connectivity index (χ1n) is 7.06. The zero-order chi connectivity index (χ0) is 15.3. The lowest BCUT2D eigenvalue weighted by Crippen LogP contribution is -2.10. The third-order valence-corrected chi connectivity index (χ3v) is 5.20. The Morgan fingerprint density at radius 3 is 2.19 bits per heavy atom. The quantitative estimate of drug-likeness (QED) is 0.888. The molecule has 1 aromatic heterocycles. The van der Waals surface area contributed by atoms with E-state index in [1.165, 1.54) is 0 Å². The Bertz CT molecular complexity index is 667. The maximum absolute atomic E-state index is 11.8. The monoisotopic (exact) mass is 304 g/mol. The summed E-state index contributed by atoms with van der Waals surface area (Å²) in [6.45, 7) is 3.76. The molecule has 1 N–H and O–H groups in total. The summed E-state index contributed by atoms with van der Waals surface area (Å²) in [7, 11) is -3.14. The number of aromatic nitrogens is 1. The van der Waals surface area contributed by atoms with E-state index < -0.39 is 9.84 Å². The van der Waals surface area contributed by atoms with Crippen molar-refractivity contribution in [2.45, 2.75) is 31.2 Å². The zero-order valence-corrected chi connectivity index (χ0v) is 13.1. The normalized spacial score (nSPS) is 12.9. The minimum atomic E-state index is -3.14. The van der Waals surface area contributed by atoms with Gasteiger partial charge >= 0.3 is 0 Å². The number of rotatable bonds is 6. The van der Waals surface area contributed by atoms with Gasteiger partial charge in [0.1, 0.15) is 0 Å². The highest BCUT2D eigenvalue weighted by Gasteiger charge is 2.12. The van der Waals surface area contributed by atoms with E-state index in [0.717, 1.165) is 17.7 Å². The molecular weight excluding hydrogens is 284 g/mol. The molecule has 0 spiro atoms. The van der Waals surface area contributed by atoms with Crippen molar-refractivity contribution in [1.82, 2.24) is 4.98 Å². The molecule has 0 aliphatic heterocycles. The first-order valence-corrected chi connectivity index (χ1v) is 8.71. The van der Waals surface area contributed by atoms with Crippen molar-refractivity contribution in [3.63, 3.8) is 0 Å². The smallest absolute Gasteiger partial charge is 0.178 e. The van der Waals surface area contributed by atoms with Crippen molar-refractivity contribution >= 4 is 15.5 Å². The molecular formula is C16H20N2O2S. The molecule has 0 amide bonds. The Labute approximate surface area is 126 Å². The highest BCUT2D eigenvalue weighted by atomic mass is 32.2. The molecule has 0 saturated carbocycles. The molecule has 0 unspecified atom stereocenters. The van der Waals surface area contributed by atoms with Gasteiger partial charge in [0.05, 0.1) is 16.7 Å². The van der Waals surface area contributed by atoms with Gasteiger partial charge < -0.3 is 5.32 Å². The SMILES string of the molecule is CC[C@@H](Nc1ccc(S(=O)(=O)CC)cc1)c1ccncc1. The summed E-state index contributed by atoms with van der Waals surface area (Å²) in [5.74, 6) is 0.119. The van der Waals surface area contributed by atoms with Gasteiger partial charge in [-0.05, 0) is 48.4 Å². The van der Waals surface area contributed by atoms with Gasteiger partial charge in [0.15, 0.2) is 9.84 Å². The number of hydrogen-bond donors (Lipinski definition) is 1. The summed E-state index contributed by atoms with van der Waals surface area (Å²) < 4.78 is 23.6. The van der Waals surface area contributed by atoms with Crippen LogP contribution in [0.5, 0.6) is 0 Å². The molecule has 0 radical (unpaired) electrons. The number of pyridine rings is 1. The van der Waals surface area contributed by atoms with E-state index in [2.05, 4.69) is 17.2 Å². The molecule has 0 saturated heterocycles. The summed E-state index contributed by atoms with van der Waals surface area (Å²) in [4.78, 5) is 4.39. The highest BCUT2D eigenvalue weighted by Crippen LogP contribution is 2.23. The van der Waals surface area contributed by atoms with Gasteiger partial charge in [0.25, 0.3) is 0 Å². The molecule has 0 bridgehead atoms. The number of benzene rings is 1. The lowest BCUT2D eigenvalue weighted by atomic mass is 10.1. The van der Waals surface area contributed by atoms with Crippen LogP contribution in [0.1, 0.15) is 31.9 Å². The summed E-state index contributed by atoms with van der Waals surface area (Å²) in [6, 6.07) is 11.1. The van der Waals surface area contributed by atoms with Gasteiger partial charge in [-0.15, -0.1) is 0 Å². The third kappa shape index (κ3) is 3.82. The lowest BCUT2D eigenvalue weighted by molar-refractivity contribution is 0.597. The van der Waals surface area contributed by atoms with Crippen molar-refractivity contribution in [1.29, 1.82) is 0 Å². The third-order valence-electron chi connectivity index (χ3n) is 3.45. The number of nitrogens with one attached hydrogen (secondary N) is 1. The van der Waals surface area contributed by atoms with Crippen molar-refractivity contribution in [2.75, 3.05) is 11.1 Å². The molecule has 0 aliphatic carbocycles. The van der Waals surface area contributed by atoms with Crippen LogP contribution in [0.3, 0.4) is 0 Å². The molecule has 5 heteroatoms. The highest BCUT2D eigenvalue weighted by molar-refractivity contribution is 7.91. The summed E-state index contributed by atoms with van der Waals surface area (Å²) >= 11 is 0. The van der Waals surface area contributed by atoms with Crippen LogP contribution in [-0.2, 0) is 9.84 Å². The fourth-order valence-electron chi connectivity index (χ4n) is 2.14. The minimum absolute atomic E-state index is 0.119. The molecule has 1 atom stereocenters. The average Bonchev–Trinajstić information content (AvgIpc) is 2.54. The van der Waals surface area contributed by atoms with E-state index in [0.29, 0.717) is 4.90 Å². The topological polar surface area (TPSA) is 59.1 Å². The second-order valence-corrected chi connectivity index (χ2v) is 7.09. The number of hydrogen-bond acceptors (Lipinski definition) is 4. The second kappa shape index (κ2) is 6.72. The van der Waals surface area contributed by atoms with Crippen LogP contribution in [0.15, 0.2) is 53.7 Å². The molecule has 1 aromatic carbocycles. The van der Waals surface area contributed by atoms with Crippen LogP contribution in [0.4, 0.5) is 5.69 Å². The van der Waals surface area contributed by atoms with Crippen LogP contribution in [0.2, 0.25) is 0 Å². The summed E-state index contributed by atoms with van der Waals surface area (Å²) in [5.41, 5.74) is 2.08. The predicted molar refractivity (Wildman–Crippen MR) is 85.1 cm³/mol. The van der Waals surface area contributed by atoms with Crippen LogP contribution in [0.25, 0.3) is 0 Å². The maximum atomic E-state index is 11.8. The van der Waals surface area contributed by atoms with Crippen molar-refractivity contribution in [2.24, 2.45) is 0 Å². The molecule has 0 aliphatic rings. The van der Waals surface area contributed by atoms with E-state index in [-0.39, 0.29) is 11.8 Å². The standard InChI is InChI=1S/C16H20N2O2S/c1-3-16(13-9-11-17-12-10-13)18-14-5-7-15(8-6-14)21(19,20)4-2/h5-12,16,18H,3-4H2,1-2H3/t16-/m1/s1. The number of anilines is 1. The zero-order valence-electron chi connectivity index (χ0n) is 12.3. The Hall–Kier alpha value is -1.88. The maximum Gasteiger partial charge on any atom is 0.178 e. The molecule has 0 fully saturated rings. The van der Waals surface area contributed by atoms with E-state index >= 15 is 0 Å². The van der Waals surface area contributed by atoms with Gasteiger partial charge in [-0.2, -0.15) is 0 Å². The Morgan fingerprint density at radius 1 is 1.05 bits per heavy atom. The van der Waals surface area contributed by atoms with E-state index in [1.54, 1.807) is 31.5 Å². The first kappa shape index (κ1) is 15.5. The van der Waals surface area contributed by atoms with Crippen LogP contribution in [-0.4, -0.2) is 19.2 Å². The molecule has 2 aromatic rings. The van der Waals surface area contributed by atoms with Crippen LogP contribution >= 0.6 is 0 Å². The van der Waals surface area contributed by atoms with E-state index in [4.69, 9.17) is 0 Å². The predicted octanol–water partition coefficient (Wildman–Crippen LogP) is 3.44. The lowest BCUT2D eigenvalue weighted by Gasteiger charge is -2.18. The molecule has 1 heterocycles. The van der Waals surface area contributed by atoms with Gasteiger partial charge in [0, 0.05) is 18.1 Å². The van der Waals surface area contributed by atoms with E-state index in [9.17, 15) is 8.42 Å². The Kier molecular flexibility index (Phi) is 4.96. The largest absolute Gasteiger partial charge is 0.378 e. The van der Waals surface area contributed by atoms with Crippen molar-refractivity contribution in [3.05, 3.63) is 54.4 Å². The fourth-order valence-corrected chi connectivity index (χ4v) is 3.03. The average molecular weight is 304 g/mol. The number of nitrogens with zero attached hydrogens (tertiary/aromatic N) is 1. The van der Waals surface area contributed by atoms with E-state index in [1.807, 2.05) is 24.3 Å². The molecule has 21 heavy (non-hydrogen) atoms. The minimum Gasteiger partial charge on any atom is -0.378 e. The van der Waals surface area contributed by atoms with Gasteiger partial charge in [0.2, 0.25) is 0 Å². The van der Waals surface area contributed by atoms with Crippen molar-refractivity contribution in [3.8, 4) is 0 Å². The van der Waals surface area contributed by atoms with Gasteiger partial charge in [-0.3, -0.25) is 4.98 Å². The Morgan fingerprint density at radius 2 is 1.67 bits per heavy atom. The second-order valence-electron chi connectivity index (χ2n) is 4.81. The number of sulfone groups is 1. The van der Waals surface area contributed by atoms with Gasteiger partial charge in [-0.1, -0.05) is 13.8 Å². The van der Waals surface area contributed by atoms with Crippen molar-refractivity contribution < 1.29 is 8.42 Å². The van der Waals surface area contributed by atoms with Gasteiger partial charge in [-0.25, -0.2) is 8.42 Å². The van der Waals surface area contributed by atoms with Crippen LogP contribution in [0, 0.1) is 0 Å². The molecule has 2 rings (SSSR count).